The van der Waals surface area contributed by atoms with Gasteiger partial charge in [-0.3, -0.25) is 24.3 Å². The Morgan fingerprint density at radius 1 is 0.790 bits per heavy atom. The number of hydrogen-bond donors (Lipinski definition) is 4. The van der Waals surface area contributed by atoms with E-state index in [1.165, 1.54) is 52.3 Å². The first-order valence-electron chi connectivity index (χ1n) is 21.9. The summed E-state index contributed by atoms with van der Waals surface area (Å²) in [5.74, 6) is 0.699. The van der Waals surface area contributed by atoms with E-state index in [1.54, 1.807) is 7.05 Å². The number of carbonyl (C=O) groups excluding carboxylic acids is 4. The van der Waals surface area contributed by atoms with Crippen LogP contribution in [-0.4, -0.2) is 124 Å². The van der Waals surface area contributed by atoms with Crippen molar-refractivity contribution in [3.05, 3.63) is 10.4 Å². The standard InChI is InChI=1S/C10H15IN2O3.C7H13IO.C6H13IO.C5H10INO2.C5H13N3.C4H9Br.C4H9N3/c11-5-1-6-12-8(14)4-7-13-9(15)2-3-10(13)16;8-4-1-5-9-6-7-2-3-7;1-2-5-8-6-3-4-7;1-7-5(8)9-4-2-3-6;1-2-3-4-8-5(6)7;1-2-3-4-5;1-2-3-4-6-7-5/h1-7H2,(H,12,14);7H,1-6H2;2-6H2,1H3;2-4H2,1H3,(H,7,8);2-4H2,1H3,(H4,6,7,8);2-4H2,1H3;2-4H2,1H3. The molecule has 0 aromatic heterocycles. The van der Waals surface area contributed by atoms with Crippen LogP contribution in [0.15, 0.2) is 10.1 Å². The summed E-state index contributed by atoms with van der Waals surface area (Å²) in [6.07, 6.45) is 15.6. The fraction of sp³-hybridized carbons (Fsp3) is 0.878. The van der Waals surface area contributed by atoms with E-state index >= 15 is 0 Å². The van der Waals surface area contributed by atoms with Crippen molar-refractivity contribution in [2.75, 3.05) is 89.3 Å². The Hall–Kier alpha value is -0.220. The van der Waals surface area contributed by atoms with Crippen molar-refractivity contribution >= 4 is 136 Å². The van der Waals surface area contributed by atoms with Crippen LogP contribution in [0.4, 0.5) is 4.79 Å². The number of ether oxygens (including phenoxy) is 3. The Kier molecular flexibility index (Phi) is 71.8. The number of azide groups is 1. The van der Waals surface area contributed by atoms with Crippen LogP contribution in [0.25, 0.3) is 10.4 Å². The molecular weight excluding hydrogens is 1320 g/mol. The van der Waals surface area contributed by atoms with E-state index in [1.807, 2.05) is 0 Å². The molecule has 0 spiro atoms. The molecule has 6 N–H and O–H groups in total. The van der Waals surface area contributed by atoms with Gasteiger partial charge in [0.05, 0.1) is 6.61 Å². The zero-order valence-corrected chi connectivity index (χ0v) is 48.6. The zero-order valence-electron chi connectivity index (χ0n) is 38.4. The molecule has 62 heavy (non-hydrogen) atoms. The van der Waals surface area contributed by atoms with Gasteiger partial charge in [0.2, 0.25) is 17.7 Å². The molecule has 0 radical (unpaired) electrons. The first kappa shape index (κ1) is 70.8. The lowest BCUT2D eigenvalue weighted by Crippen LogP contribution is -2.34. The largest absolute Gasteiger partial charge is 0.450 e. The minimum absolute atomic E-state index is 0.0997. The number of hydrogen-bond acceptors (Lipinski definition) is 9. The minimum atomic E-state index is -0.347. The molecule has 0 aromatic rings. The summed E-state index contributed by atoms with van der Waals surface area (Å²) in [6.45, 7) is 15.1. The maximum absolute atomic E-state index is 11.3. The normalized spacial score (nSPS) is 11.9. The third-order valence-electron chi connectivity index (χ3n) is 7.28. The second-order valence-corrected chi connectivity index (χ2v) is 18.3. The second-order valence-electron chi connectivity index (χ2n) is 13.2. The molecule has 1 saturated heterocycles. The summed E-state index contributed by atoms with van der Waals surface area (Å²) < 4.78 is 19.7. The van der Waals surface area contributed by atoms with Gasteiger partial charge in [0.25, 0.3) is 0 Å². The number of nitrogens with two attached hydrogens (primary N) is 2. The van der Waals surface area contributed by atoms with Crippen LogP contribution in [0.3, 0.4) is 0 Å². The lowest BCUT2D eigenvalue weighted by molar-refractivity contribution is -0.138. The average Bonchev–Trinajstić information content (AvgIpc) is 4.04. The number of unbranched alkanes of at least 4 members (excludes halogenated alkanes) is 3. The van der Waals surface area contributed by atoms with E-state index in [9.17, 15) is 19.2 Å². The van der Waals surface area contributed by atoms with Gasteiger partial charge in [-0.25, -0.2) is 4.79 Å². The quantitative estimate of drug-likeness (QED) is 0.00703. The van der Waals surface area contributed by atoms with Gasteiger partial charge < -0.3 is 36.3 Å². The van der Waals surface area contributed by atoms with E-state index in [0.717, 1.165) is 98.0 Å². The summed E-state index contributed by atoms with van der Waals surface area (Å²) >= 11 is 12.5. The van der Waals surface area contributed by atoms with Gasteiger partial charge in [0.1, 0.15) is 0 Å². The minimum Gasteiger partial charge on any atom is -0.450 e. The molecule has 0 atom stereocenters. The number of guanidine groups is 1. The van der Waals surface area contributed by atoms with E-state index in [4.69, 9.17) is 26.5 Å². The number of amides is 4. The predicted octanol–water partition coefficient (Wildman–Crippen LogP) is 10.4. The number of alkyl carbamates (subject to hydrolysis) is 1. The summed E-state index contributed by atoms with van der Waals surface area (Å²) in [6, 6.07) is 0. The maximum atomic E-state index is 11.3. The molecule has 2 fully saturated rings. The van der Waals surface area contributed by atoms with Gasteiger partial charge in [-0.2, -0.15) is 0 Å². The molecule has 0 unspecified atom stereocenters. The maximum Gasteiger partial charge on any atom is 0.406 e. The number of rotatable bonds is 27. The number of nitrogens with zero attached hydrogens (tertiary/aromatic N) is 5. The topological polar surface area (TPSA) is 236 Å². The van der Waals surface area contributed by atoms with Crippen LogP contribution in [0, 0.1) is 5.92 Å². The van der Waals surface area contributed by atoms with Crippen molar-refractivity contribution in [3.8, 4) is 0 Å². The fourth-order valence-corrected chi connectivity index (χ4v) is 5.50. The molecule has 2 rings (SSSR count). The first-order chi connectivity index (χ1) is 29.9. The third-order valence-corrected chi connectivity index (χ3v) is 10.9. The first-order valence-corrected chi connectivity index (χ1v) is 29.1. The monoisotopic (exact) mass is 1400 g/mol. The van der Waals surface area contributed by atoms with Gasteiger partial charge in [-0.15, -0.1) is 0 Å². The molecule has 0 bridgehead atoms. The summed E-state index contributed by atoms with van der Waals surface area (Å²) in [7, 11) is 1.55. The number of alkyl halides is 5. The smallest absolute Gasteiger partial charge is 0.406 e. The van der Waals surface area contributed by atoms with Crippen molar-refractivity contribution in [1.29, 1.82) is 0 Å². The number of aliphatic imine (C=N–C) groups is 1. The average molecular weight is 1400 g/mol. The van der Waals surface area contributed by atoms with Gasteiger partial charge in [-0.1, -0.05) is 158 Å². The third kappa shape index (κ3) is 68.8. The Bertz CT molecular complexity index is 1060. The van der Waals surface area contributed by atoms with E-state index in [2.05, 4.69) is 164 Å². The molecule has 1 aliphatic carbocycles. The predicted molar refractivity (Wildman–Crippen MR) is 296 cm³/mol. The van der Waals surface area contributed by atoms with Crippen LogP contribution in [-0.2, 0) is 28.6 Å². The number of nitrogens with one attached hydrogen (secondary N) is 2. The zero-order chi connectivity index (χ0) is 47.9. The Labute approximate surface area is 438 Å². The van der Waals surface area contributed by atoms with Crippen LogP contribution in [0.1, 0.15) is 130 Å². The summed E-state index contributed by atoms with van der Waals surface area (Å²) in [4.78, 5) is 51.7. The van der Waals surface area contributed by atoms with Crippen LogP contribution < -0.4 is 22.1 Å². The van der Waals surface area contributed by atoms with Gasteiger partial charge in [-0.05, 0) is 75.7 Å². The van der Waals surface area contributed by atoms with Crippen molar-refractivity contribution in [2.24, 2.45) is 27.5 Å². The van der Waals surface area contributed by atoms with Crippen molar-refractivity contribution in [3.63, 3.8) is 0 Å². The highest BCUT2D eigenvalue weighted by molar-refractivity contribution is 14.1. The Morgan fingerprint density at radius 3 is 1.76 bits per heavy atom. The van der Waals surface area contributed by atoms with Crippen molar-refractivity contribution in [1.82, 2.24) is 15.5 Å². The molecule has 2 aliphatic rings. The van der Waals surface area contributed by atoms with Crippen LogP contribution >= 0.6 is 106 Å². The molecule has 1 heterocycles. The SMILES string of the molecule is CCCCBr.CCCCN=C(N)N.CCCCN=[N+]=[N-].CCCOCCCI.CNC(=O)OCCCI.ICCCOCC1CC1.O=C(CCN1C(=O)CCC1=O)NCCCI. The lowest BCUT2D eigenvalue weighted by Gasteiger charge is -2.13. The van der Waals surface area contributed by atoms with Crippen molar-refractivity contribution in [2.45, 2.75) is 130 Å². The van der Waals surface area contributed by atoms with E-state index in [0.29, 0.717) is 19.7 Å². The Balaban J connectivity index is -0.000000210. The van der Waals surface area contributed by atoms with Crippen LogP contribution in [0.5, 0.6) is 0 Å². The molecule has 368 valence electrons. The van der Waals surface area contributed by atoms with Gasteiger partial charge >= 0.3 is 6.09 Å². The number of likely N-dealkylation sites (tertiary alicyclic amines) is 1. The highest BCUT2D eigenvalue weighted by Gasteiger charge is 2.28. The molecule has 21 heteroatoms. The molecular formula is C41H82BrI4N9O7. The molecule has 0 aromatic carbocycles. The fourth-order valence-electron chi connectivity index (χ4n) is 3.63. The van der Waals surface area contributed by atoms with Crippen LogP contribution in [0.2, 0.25) is 0 Å². The van der Waals surface area contributed by atoms with E-state index < -0.39 is 0 Å². The second kappa shape index (κ2) is 62.9. The number of carbonyl (C=O) groups is 4. The molecule has 1 saturated carbocycles. The van der Waals surface area contributed by atoms with Gasteiger partial charge in [0.15, 0.2) is 5.96 Å². The van der Waals surface area contributed by atoms with Crippen molar-refractivity contribution < 1.29 is 33.4 Å². The highest BCUT2D eigenvalue weighted by Crippen LogP contribution is 2.28. The van der Waals surface area contributed by atoms with Gasteiger partial charge in [0, 0.05) is 107 Å². The highest BCUT2D eigenvalue weighted by atomic mass is 127. The Morgan fingerprint density at radius 2 is 1.32 bits per heavy atom. The lowest BCUT2D eigenvalue weighted by atomic mass is 10.3. The summed E-state index contributed by atoms with van der Waals surface area (Å²) in [5.41, 5.74) is 17.9. The van der Waals surface area contributed by atoms with E-state index in [-0.39, 0.29) is 55.6 Å². The number of imide groups is 1. The summed E-state index contributed by atoms with van der Waals surface area (Å²) in [5, 5.41) is 9.60. The molecule has 4 amide bonds. The molecule has 16 nitrogen and oxygen atoms in total. The molecule has 1 aliphatic heterocycles. The number of halogens is 5.